The standard InChI is InChI=1S/C19H15NO5S2/c1-24-14-7-5-13(6-8-14)20-18(23)16(27-19(20)26)10-12-3-2-4-15(9-12)25-11-17(21)22/h2-10H,11H2,1H3,(H,21,22)/b16-10+. The molecule has 0 aromatic heterocycles. The predicted molar refractivity (Wildman–Crippen MR) is 108 cm³/mol. The van der Waals surface area contributed by atoms with Crippen LogP contribution in [0, 0.1) is 0 Å². The Morgan fingerprint density at radius 2 is 1.96 bits per heavy atom. The molecule has 1 N–H and O–H groups in total. The summed E-state index contributed by atoms with van der Waals surface area (Å²) in [6.45, 7) is -0.428. The minimum absolute atomic E-state index is 0.216. The fraction of sp³-hybridized carbons (Fsp3) is 0.105. The van der Waals surface area contributed by atoms with Gasteiger partial charge in [0.15, 0.2) is 10.9 Å². The molecule has 1 aliphatic heterocycles. The van der Waals surface area contributed by atoms with E-state index in [4.69, 9.17) is 26.8 Å². The number of benzene rings is 2. The molecule has 0 saturated carbocycles. The summed E-state index contributed by atoms with van der Waals surface area (Å²) in [5.74, 6) is -0.164. The monoisotopic (exact) mass is 401 g/mol. The van der Waals surface area contributed by atoms with E-state index in [0.29, 0.717) is 32.0 Å². The lowest BCUT2D eigenvalue weighted by Gasteiger charge is -2.14. The molecule has 1 fully saturated rings. The number of thioether (sulfide) groups is 1. The molecular weight excluding hydrogens is 386 g/mol. The largest absolute Gasteiger partial charge is 0.497 e. The number of carbonyl (C=O) groups excluding carboxylic acids is 1. The van der Waals surface area contributed by atoms with Crippen molar-refractivity contribution in [1.82, 2.24) is 0 Å². The topological polar surface area (TPSA) is 76.1 Å². The molecule has 2 aromatic carbocycles. The zero-order valence-corrected chi connectivity index (χ0v) is 15.9. The van der Waals surface area contributed by atoms with Gasteiger partial charge in [0.2, 0.25) is 0 Å². The van der Waals surface area contributed by atoms with Crippen molar-refractivity contribution in [3.63, 3.8) is 0 Å². The number of rotatable bonds is 6. The van der Waals surface area contributed by atoms with Crippen LogP contribution in [0.5, 0.6) is 11.5 Å². The van der Waals surface area contributed by atoms with Gasteiger partial charge in [-0.05, 0) is 48.0 Å². The predicted octanol–water partition coefficient (Wildman–Crippen LogP) is 3.56. The molecule has 0 radical (unpaired) electrons. The van der Waals surface area contributed by atoms with Gasteiger partial charge in [-0.1, -0.05) is 36.1 Å². The molecule has 0 atom stereocenters. The van der Waals surface area contributed by atoms with E-state index in [1.165, 1.54) is 16.7 Å². The number of nitrogens with zero attached hydrogens (tertiary/aromatic N) is 1. The highest BCUT2D eigenvalue weighted by Gasteiger charge is 2.33. The molecule has 8 heteroatoms. The van der Waals surface area contributed by atoms with Crippen LogP contribution in [0.25, 0.3) is 6.08 Å². The van der Waals surface area contributed by atoms with Crippen molar-refractivity contribution in [1.29, 1.82) is 0 Å². The van der Waals surface area contributed by atoms with Crippen molar-refractivity contribution in [3.8, 4) is 11.5 Å². The maximum Gasteiger partial charge on any atom is 0.341 e. The number of hydrogen-bond acceptors (Lipinski definition) is 6. The number of aliphatic carboxylic acids is 1. The minimum Gasteiger partial charge on any atom is -0.497 e. The van der Waals surface area contributed by atoms with Gasteiger partial charge in [-0.2, -0.15) is 0 Å². The number of carboxylic acids is 1. The second-order valence-electron chi connectivity index (χ2n) is 5.47. The first-order chi connectivity index (χ1) is 13.0. The Bertz CT molecular complexity index is 924. The van der Waals surface area contributed by atoms with Gasteiger partial charge in [0.25, 0.3) is 5.91 Å². The van der Waals surface area contributed by atoms with Gasteiger partial charge in [0.05, 0.1) is 17.7 Å². The van der Waals surface area contributed by atoms with Gasteiger partial charge < -0.3 is 14.6 Å². The van der Waals surface area contributed by atoms with E-state index >= 15 is 0 Å². The van der Waals surface area contributed by atoms with Crippen molar-refractivity contribution in [2.45, 2.75) is 0 Å². The Hall–Kier alpha value is -2.84. The molecule has 1 amide bonds. The third-order valence-corrected chi connectivity index (χ3v) is 4.94. The number of anilines is 1. The molecule has 27 heavy (non-hydrogen) atoms. The van der Waals surface area contributed by atoms with Crippen LogP contribution in [-0.4, -0.2) is 35.0 Å². The van der Waals surface area contributed by atoms with Gasteiger partial charge in [-0.25, -0.2) is 4.79 Å². The lowest BCUT2D eigenvalue weighted by Crippen LogP contribution is -2.27. The Morgan fingerprint density at radius 1 is 1.22 bits per heavy atom. The summed E-state index contributed by atoms with van der Waals surface area (Å²) in [6.07, 6.45) is 1.70. The number of hydrogen-bond donors (Lipinski definition) is 1. The van der Waals surface area contributed by atoms with Gasteiger partial charge in [0, 0.05) is 0 Å². The third kappa shape index (κ3) is 4.47. The SMILES string of the molecule is COc1ccc(N2C(=O)/C(=C\c3cccc(OCC(=O)O)c3)SC2=S)cc1. The van der Waals surface area contributed by atoms with Gasteiger partial charge in [0.1, 0.15) is 11.5 Å². The highest BCUT2D eigenvalue weighted by atomic mass is 32.2. The first-order valence-electron chi connectivity index (χ1n) is 7.84. The first-order valence-corrected chi connectivity index (χ1v) is 9.07. The molecule has 1 aliphatic rings. The summed E-state index contributed by atoms with van der Waals surface area (Å²) in [7, 11) is 1.58. The van der Waals surface area contributed by atoms with Crippen LogP contribution in [0.1, 0.15) is 5.56 Å². The number of thiocarbonyl (C=S) groups is 1. The Kier molecular flexibility index (Phi) is 5.78. The van der Waals surface area contributed by atoms with E-state index in [2.05, 4.69) is 0 Å². The van der Waals surface area contributed by atoms with E-state index in [1.807, 2.05) is 0 Å². The molecule has 6 nitrogen and oxygen atoms in total. The van der Waals surface area contributed by atoms with E-state index in [1.54, 1.807) is 61.7 Å². The summed E-state index contributed by atoms with van der Waals surface area (Å²) in [4.78, 5) is 25.3. The lowest BCUT2D eigenvalue weighted by atomic mass is 10.2. The molecule has 0 spiro atoms. The van der Waals surface area contributed by atoms with Crippen molar-refractivity contribution in [2.75, 3.05) is 18.6 Å². The Labute approximate surface area is 165 Å². The number of ether oxygens (including phenoxy) is 2. The fourth-order valence-electron chi connectivity index (χ4n) is 2.41. The van der Waals surface area contributed by atoms with E-state index in [9.17, 15) is 9.59 Å². The summed E-state index contributed by atoms with van der Waals surface area (Å²) < 4.78 is 10.7. The first kappa shape index (κ1) is 18.9. The van der Waals surface area contributed by atoms with Crippen LogP contribution in [0.15, 0.2) is 53.4 Å². The second kappa shape index (κ2) is 8.24. The quantitative estimate of drug-likeness (QED) is 0.586. The van der Waals surface area contributed by atoms with Crippen molar-refractivity contribution in [3.05, 3.63) is 59.0 Å². The van der Waals surface area contributed by atoms with Crippen molar-refractivity contribution in [2.24, 2.45) is 0 Å². The Balaban J connectivity index is 1.81. The summed E-state index contributed by atoms with van der Waals surface area (Å²) in [5.41, 5.74) is 1.38. The van der Waals surface area contributed by atoms with Crippen LogP contribution in [0.3, 0.4) is 0 Å². The maximum absolute atomic E-state index is 12.8. The van der Waals surface area contributed by atoms with Gasteiger partial charge >= 0.3 is 5.97 Å². The maximum atomic E-state index is 12.8. The van der Waals surface area contributed by atoms with Gasteiger partial charge in [-0.3, -0.25) is 9.69 Å². The highest BCUT2D eigenvalue weighted by Crippen LogP contribution is 2.36. The zero-order valence-electron chi connectivity index (χ0n) is 14.2. The van der Waals surface area contributed by atoms with Crippen molar-refractivity contribution >= 4 is 51.9 Å². The molecule has 138 valence electrons. The van der Waals surface area contributed by atoms with E-state index < -0.39 is 12.6 Å². The average Bonchev–Trinajstić information content (AvgIpc) is 2.94. The van der Waals surface area contributed by atoms with Crippen molar-refractivity contribution < 1.29 is 24.2 Å². The number of amides is 1. The molecule has 3 rings (SSSR count). The zero-order chi connectivity index (χ0) is 19.4. The van der Waals surface area contributed by atoms with E-state index in [0.717, 1.165) is 0 Å². The van der Waals surface area contributed by atoms with Gasteiger partial charge in [-0.15, -0.1) is 0 Å². The van der Waals surface area contributed by atoms with Crippen LogP contribution in [0.4, 0.5) is 5.69 Å². The number of carbonyl (C=O) groups is 2. The highest BCUT2D eigenvalue weighted by molar-refractivity contribution is 8.27. The molecule has 2 aromatic rings. The third-order valence-electron chi connectivity index (χ3n) is 3.64. The molecule has 0 unspecified atom stereocenters. The van der Waals surface area contributed by atoms with Crippen LogP contribution in [0.2, 0.25) is 0 Å². The summed E-state index contributed by atoms with van der Waals surface area (Å²) >= 11 is 6.56. The molecular formula is C19H15NO5S2. The smallest absolute Gasteiger partial charge is 0.341 e. The number of carboxylic acid groups (broad SMARTS) is 1. The summed E-state index contributed by atoms with van der Waals surface area (Å²) in [6, 6.07) is 13.9. The van der Waals surface area contributed by atoms with Crippen LogP contribution >= 0.6 is 24.0 Å². The van der Waals surface area contributed by atoms with Crippen LogP contribution in [-0.2, 0) is 9.59 Å². The number of methoxy groups -OCH3 is 1. The molecule has 0 aliphatic carbocycles. The Morgan fingerprint density at radius 3 is 2.63 bits per heavy atom. The molecule has 1 saturated heterocycles. The second-order valence-corrected chi connectivity index (χ2v) is 7.15. The molecule has 0 bridgehead atoms. The molecule has 1 heterocycles. The van der Waals surface area contributed by atoms with E-state index in [-0.39, 0.29) is 5.91 Å². The fourth-order valence-corrected chi connectivity index (χ4v) is 3.71. The minimum atomic E-state index is -1.05. The van der Waals surface area contributed by atoms with Crippen LogP contribution < -0.4 is 14.4 Å². The lowest BCUT2D eigenvalue weighted by molar-refractivity contribution is -0.139. The normalized spacial score (nSPS) is 15.3. The average molecular weight is 401 g/mol. The summed E-state index contributed by atoms with van der Waals surface area (Å²) in [5, 5.41) is 8.70.